The molecular weight excluding hydrogens is 326 g/mol. The highest BCUT2D eigenvalue weighted by Crippen LogP contribution is 2.31. The van der Waals surface area contributed by atoms with Gasteiger partial charge in [0.2, 0.25) is 0 Å². The Bertz CT molecular complexity index is 622. The van der Waals surface area contributed by atoms with E-state index in [1.54, 1.807) is 18.2 Å². The second-order valence-electron chi connectivity index (χ2n) is 6.44. The summed E-state index contributed by atoms with van der Waals surface area (Å²) >= 11 is 0. The maximum atomic E-state index is 12.0. The van der Waals surface area contributed by atoms with E-state index in [0.717, 1.165) is 24.4 Å². The van der Waals surface area contributed by atoms with Crippen LogP contribution in [0.5, 0.6) is 5.75 Å². The minimum absolute atomic E-state index is 0.336. The van der Waals surface area contributed by atoms with Crippen LogP contribution in [0.3, 0.4) is 0 Å². The molecular formula is C18H23NO6. The molecule has 7 nitrogen and oxygen atoms in total. The van der Waals surface area contributed by atoms with E-state index in [1.165, 1.54) is 12.8 Å². The molecule has 136 valence electrons. The molecule has 0 aromatic heterocycles. The van der Waals surface area contributed by atoms with E-state index in [-0.39, 0.29) is 0 Å². The van der Waals surface area contributed by atoms with Crippen molar-refractivity contribution in [1.82, 2.24) is 4.90 Å². The minimum atomic E-state index is -1.17. The first-order valence-electron chi connectivity index (χ1n) is 8.56. The van der Waals surface area contributed by atoms with Crippen molar-refractivity contribution >= 4 is 11.9 Å². The first kappa shape index (κ1) is 17.7. The highest BCUT2D eigenvalue weighted by atomic mass is 16.5. The zero-order valence-electron chi connectivity index (χ0n) is 14.1. The first-order chi connectivity index (χ1) is 12.1. The Morgan fingerprint density at radius 3 is 2.68 bits per heavy atom. The lowest BCUT2D eigenvalue weighted by molar-refractivity contribution is -0.140. The summed E-state index contributed by atoms with van der Waals surface area (Å²) in [5.41, 5.74) is 1.25. The van der Waals surface area contributed by atoms with Gasteiger partial charge in [0.1, 0.15) is 5.75 Å². The van der Waals surface area contributed by atoms with Crippen LogP contribution in [0.4, 0.5) is 0 Å². The van der Waals surface area contributed by atoms with Gasteiger partial charge in [0, 0.05) is 25.2 Å². The topological polar surface area (TPSA) is 85.3 Å². The van der Waals surface area contributed by atoms with E-state index in [2.05, 4.69) is 4.90 Å². The lowest BCUT2D eigenvalue weighted by atomic mass is 10.1. The van der Waals surface area contributed by atoms with E-state index >= 15 is 0 Å². The molecule has 1 heterocycles. The van der Waals surface area contributed by atoms with Gasteiger partial charge in [-0.1, -0.05) is 0 Å². The average Bonchev–Trinajstić information content (AvgIpc) is 3.44. The molecule has 0 atom stereocenters. The Morgan fingerprint density at radius 1 is 1.24 bits per heavy atom. The van der Waals surface area contributed by atoms with Gasteiger partial charge in [-0.25, -0.2) is 9.59 Å². The number of aliphatic carboxylic acids is 1. The third-order valence-electron chi connectivity index (χ3n) is 4.29. The predicted octanol–water partition coefficient (Wildman–Crippen LogP) is 1.55. The van der Waals surface area contributed by atoms with Crippen molar-refractivity contribution < 1.29 is 28.9 Å². The third kappa shape index (κ3) is 5.44. The van der Waals surface area contributed by atoms with Gasteiger partial charge in [0.25, 0.3) is 0 Å². The molecule has 7 heteroatoms. The molecule has 1 saturated heterocycles. The average molecular weight is 349 g/mol. The summed E-state index contributed by atoms with van der Waals surface area (Å²) in [5, 5.41) is 8.64. The fourth-order valence-corrected chi connectivity index (χ4v) is 2.67. The quantitative estimate of drug-likeness (QED) is 0.713. The molecule has 0 unspecified atom stereocenters. The molecule has 25 heavy (non-hydrogen) atoms. The van der Waals surface area contributed by atoms with Crippen LogP contribution in [-0.4, -0.2) is 61.5 Å². The van der Waals surface area contributed by atoms with Gasteiger partial charge >= 0.3 is 11.9 Å². The smallest absolute Gasteiger partial charge is 0.341 e. The van der Waals surface area contributed by atoms with E-state index in [0.29, 0.717) is 37.8 Å². The molecule has 1 aliphatic heterocycles. The standard InChI is InChI=1S/C18H23NO6/c20-17(21)12-25-18(22)14-3-4-16(24-11-13-1-2-13)15(9-14)10-19-5-7-23-8-6-19/h3-4,9,13H,1-2,5-8,10-12H2,(H,20,21). The number of carboxylic acids is 1. The number of ether oxygens (including phenoxy) is 3. The molecule has 0 spiro atoms. The van der Waals surface area contributed by atoms with Crippen LogP contribution < -0.4 is 4.74 Å². The number of hydrogen-bond acceptors (Lipinski definition) is 6. The number of morpholine rings is 1. The Hall–Kier alpha value is -2.12. The van der Waals surface area contributed by atoms with Crippen molar-refractivity contribution in [3.05, 3.63) is 29.3 Å². The number of carbonyl (C=O) groups is 2. The number of rotatable bonds is 8. The summed E-state index contributed by atoms with van der Waals surface area (Å²) in [5.74, 6) is -0.407. The molecule has 1 aliphatic carbocycles. The van der Waals surface area contributed by atoms with Crippen molar-refractivity contribution in [2.75, 3.05) is 39.5 Å². The van der Waals surface area contributed by atoms with Crippen molar-refractivity contribution in [2.24, 2.45) is 5.92 Å². The van der Waals surface area contributed by atoms with Gasteiger partial charge in [-0.3, -0.25) is 4.90 Å². The fraction of sp³-hybridized carbons (Fsp3) is 0.556. The van der Waals surface area contributed by atoms with Gasteiger partial charge in [0.15, 0.2) is 6.61 Å². The summed E-state index contributed by atoms with van der Waals surface area (Å²) in [6.45, 7) is 3.75. The first-order valence-corrected chi connectivity index (χ1v) is 8.56. The third-order valence-corrected chi connectivity index (χ3v) is 4.29. The highest BCUT2D eigenvalue weighted by molar-refractivity contribution is 5.91. The Morgan fingerprint density at radius 2 is 2.00 bits per heavy atom. The van der Waals surface area contributed by atoms with Crippen LogP contribution in [0.2, 0.25) is 0 Å². The fourth-order valence-electron chi connectivity index (χ4n) is 2.67. The number of hydrogen-bond donors (Lipinski definition) is 1. The number of nitrogens with zero attached hydrogens (tertiary/aromatic N) is 1. The van der Waals surface area contributed by atoms with Crippen molar-refractivity contribution in [3.63, 3.8) is 0 Å². The molecule has 2 aliphatic rings. The monoisotopic (exact) mass is 349 g/mol. The van der Waals surface area contributed by atoms with Crippen molar-refractivity contribution in [1.29, 1.82) is 0 Å². The molecule has 0 radical (unpaired) electrons. The largest absolute Gasteiger partial charge is 0.493 e. The molecule has 0 bridgehead atoms. The molecule has 1 aromatic carbocycles. The summed E-state index contributed by atoms with van der Waals surface area (Å²) in [6, 6.07) is 5.13. The van der Waals surface area contributed by atoms with Gasteiger partial charge in [0.05, 0.1) is 25.4 Å². The minimum Gasteiger partial charge on any atom is -0.493 e. The number of esters is 1. The van der Waals surface area contributed by atoms with Gasteiger partial charge in [-0.05, 0) is 37.0 Å². The lowest BCUT2D eigenvalue weighted by Gasteiger charge is -2.27. The summed E-state index contributed by atoms with van der Waals surface area (Å²) in [6.07, 6.45) is 2.41. The Balaban J connectivity index is 1.71. The second kappa shape index (κ2) is 8.31. The zero-order chi connectivity index (χ0) is 17.6. The molecule has 1 saturated carbocycles. The van der Waals surface area contributed by atoms with Crippen LogP contribution >= 0.6 is 0 Å². The van der Waals surface area contributed by atoms with Crippen LogP contribution in [0.25, 0.3) is 0 Å². The van der Waals surface area contributed by atoms with Crippen molar-refractivity contribution in [2.45, 2.75) is 19.4 Å². The van der Waals surface area contributed by atoms with E-state index in [1.807, 2.05) is 0 Å². The van der Waals surface area contributed by atoms with E-state index in [4.69, 9.17) is 19.3 Å². The molecule has 3 rings (SSSR count). The molecule has 2 fully saturated rings. The van der Waals surface area contributed by atoms with Crippen LogP contribution in [0.1, 0.15) is 28.8 Å². The molecule has 1 aromatic rings. The lowest BCUT2D eigenvalue weighted by Crippen LogP contribution is -2.35. The van der Waals surface area contributed by atoms with Gasteiger partial charge in [-0.2, -0.15) is 0 Å². The molecule has 1 N–H and O–H groups in total. The summed E-state index contributed by atoms with van der Waals surface area (Å²) in [4.78, 5) is 24.8. The normalized spacial score (nSPS) is 17.9. The Kier molecular flexibility index (Phi) is 5.88. The number of benzene rings is 1. The zero-order valence-corrected chi connectivity index (χ0v) is 14.1. The summed E-state index contributed by atoms with van der Waals surface area (Å²) in [7, 11) is 0. The maximum absolute atomic E-state index is 12.0. The number of carboxylic acid groups (broad SMARTS) is 1. The van der Waals surface area contributed by atoms with Gasteiger partial charge < -0.3 is 19.3 Å². The second-order valence-corrected chi connectivity index (χ2v) is 6.44. The van der Waals surface area contributed by atoms with Crippen LogP contribution in [-0.2, 0) is 20.8 Å². The van der Waals surface area contributed by atoms with Gasteiger partial charge in [-0.15, -0.1) is 0 Å². The highest BCUT2D eigenvalue weighted by Gasteiger charge is 2.23. The Labute approximate surface area is 146 Å². The van der Waals surface area contributed by atoms with E-state index < -0.39 is 18.5 Å². The maximum Gasteiger partial charge on any atom is 0.341 e. The van der Waals surface area contributed by atoms with E-state index in [9.17, 15) is 9.59 Å². The molecule has 0 amide bonds. The number of carbonyl (C=O) groups excluding carboxylic acids is 1. The predicted molar refractivity (Wildman–Crippen MR) is 88.7 cm³/mol. The summed E-state index contributed by atoms with van der Waals surface area (Å²) < 4.78 is 16.1. The SMILES string of the molecule is O=C(O)COC(=O)c1ccc(OCC2CC2)c(CN2CCOCC2)c1. The van der Waals surface area contributed by atoms with Crippen LogP contribution in [0, 0.1) is 5.92 Å². The van der Waals surface area contributed by atoms with Crippen LogP contribution in [0.15, 0.2) is 18.2 Å². The van der Waals surface area contributed by atoms with Crippen molar-refractivity contribution in [3.8, 4) is 5.75 Å².